The number of para-hydroxylation sites is 1. The van der Waals surface area contributed by atoms with Crippen LogP contribution in [0.1, 0.15) is 39.5 Å². The van der Waals surface area contributed by atoms with Crippen molar-refractivity contribution in [1.82, 2.24) is 0 Å². The van der Waals surface area contributed by atoms with Crippen LogP contribution in [0.3, 0.4) is 0 Å². The molecule has 0 unspecified atom stereocenters. The molecule has 0 bridgehead atoms. The van der Waals surface area contributed by atoms with E-state index in [0.29, 0.717) is 0 Å². The SMILES string of the molecule is CC(=O)O.CCCCCCOc1ccccc1. The first kappa shape index (κ1) is 15.5. The van der Waals surface area contributed by atoms with Crippen LogP contribution in [0.5, 0.6) is 5.75 Å². The van der Waals surface area contributed by atoms with Gasteiger partial charge < -0.3 is 9.84 Å². The molecule has 1 aromatic rings. The highest BCUT2D eigenvalue weighted by molar-refractivity contribution is 5.62. The molecule has 0 aliphatic rings. The maximum atomic E-state index is 9.00. The Balaban J connectivity index is 0.000000557. The van der Waals surface area contributed by atoms with Crippen LogP contribution in [-0.2, 0) is 4.79 Å². The van der Waals surface area contributed by atoms with E-state index in [1.54, 1.807) is 0 Å². The van der Waals surface area contributed by atoms with Crippen molar-refractivity contribution in [2.45, 2.75) is 39.5 Å². The van der Waals surface area contributed by atoms with Crippen molar-refractivity contribution >= 4 is 5.97 Å². The zero-order chi connectivity index (χ0) is 12.9. The zero-order valence-corrected chi connectivity index (χ0v) is 10.7. The molecule has 0 saturated heterocycles. The van der Waals surface area contributed by atoms with Crippen LogP contribution in [0.25, 0.3) is 0 Å². The van der Waals surface area contributed by atoms with Crippen LogP contribution in [0, 0.1) is 0 Å². The molecule has 0 aromatic heterocycles. The lowest BCUT2D eigenvalue weighted by molar-refractivity contribution is -0.134. The van der Waals surface area contributed by atoms with Gasteiger partial charge in [0.05, 0.1) is 6.61 Å². The fourth-order valence-electron chi connectivity index (χ4n) is 1.24. The van der Waals surface area contributed by atoms with Crippen molar-refractivity contribution in [3.63, 3.8) is 0 Å². The predicted molar refractivity (Wildman–Crippen MR) is 69.4 cm³/mol. The molecule has 0 aliphatic carbocycles. The molecule has 0 heterocycles. The van der Waals surface area contributed by atoms with Gasteiger partial charge in [-0.25, -0.2) is 0 Å². The third-order valence-corrected chi connectivity index (χ3v) is 2.01. The summed E-state index contributed by atoms with van der Waals surface area (Å²) in [6.45, 7) is 4.15. The monoisotopic (exact) mass is 238 g/mol. The maximum Gasteiger partial charge on any atom is 0.300 e. The van der Waals surface area contributed by atoms with Gasteiger partial charge in [0.2, 0.25) is 0 Å². The second-order valence-electron chi connectivity index (χ2n) is 3.74. The molecular formula is C14H22O3. The minimum Gasteiger partial charge on any atom is -0.494 e. The molecule has 0 amide bonds. The highest BCUT2D eigenvalue weighted by Crippen LogP contribution is 2.09. The molecule has 96 valence electrons. The van der Waals surface area contributed by atoms with Crippen LogP contribution in [0.2, 0.25) is 0 Å². The quantitative estimate of drug-likeness (QED) is 0.768. The molecule has 1 aromatic carbocycles. The van der Waals surface area contributed by atoms with Gasteiger partial charge in [-0.2, -0.15) is 0 Å². The first-order valence-corrected chi connectivity index (χ1v) is 6.04. The third-order valence-electron chi connectivity index (χ3n) is 2.01. The van der Waals surface area contributed by atoms with Gasteiger partial charge in [-0.05, 0) is 18.6 Å². The molecule has 0 fully saturated rings. The topological polar surface area (TPSA) is 46.5 Å². The standard InChI is InChI=1S/C12H18O.C2H4O2/c1-2-3-4-8-11-13-12-9-6-5-7-10-12;1-2(3)4/h5-7,9-10H,2-4,8,11H2,1H3;1H3,(H,3,4). The lowest BCUT2D eigenvalue weighted by Gasteiger charge is -2.04. The van der Waals surface area contributed by atoms with Gasteiger partial charge in [0.25, 0.3) is 5.97 Å². The second-order valence-corrected chi connectivity index (χ2v) is 3.74. The lowest BCUT2D eigenvalue weighted by Crippen LogP contribution is -1.96. The van der Waals surface area contributed by atoms with Crippen molar-refractivity contribution in [2.24, 2.45) is 0 Å². The Morgan fingerprint density at radius 2 is 1.76 bits per heavy atom. The summed E-state index contributed by atoms with van der Waals surface area (Å²) in [5.41, 5.74) is 0. The lowest BCUT2D eigenvalue weighted by atomic mass is 10.2. The van der Waals surface area contributed by atoms with Gasteiger partial charge in [-0.15, -0.1) is 0 Å². The molecular weight excluding hydrogens is 216 g/mol. The number of ether oxygens (including phenoxy) is 1. The molecule has 17 heavy (non-hydrogen) atoms. The Kier molecular flexibility index (Phi) is 10.0. The van der Waals surface area contributed by atoms with Gasteiger partial charge in [0.15, 0.2) is 0 Å². The summed E-state index contributed by atoms with van der Waals surface area (Å²) in [6.07, 6.45) is 5.05. The number of hydrogen-bond donors (Lipinski definition) is 1. The van der Waals surface area contributed by atoms with E-state index in [-0.39, 0.29) is 0 Å². The largest absolute Gasteiger partial charge is 0.494 e. The summed E-state index contributed by atoms with van der Waals surface area (Å²) in [6, 6.07) is 10.0. The molecule has 0 saturated carbocycles. The number of hydrogen-bond acceptors (Lipinski definition) is 2. The van der Waals surface area contributed by atoms with E-state index < -0.39 is 5.97 Å². The van der Waals surface area contributed by atoms with Crippen molar-refractivity contribution in [2.75, 3.05) is 6.61 Å². The summed E-state index contributed by atoms with van der Waals surface area (Å²) in [4.78, 5) is 9.00. The Hall–Kier alpha value is -1.51. The van der Waals surface area contributed by atoms with Crippen molar-refractivity contribution < 1.29 is 14.6 Å². The molecule has 0 spiro atoms. The normalized spacial score (nSPS) is 9.06. The highest BCUT2D eigenvalue weighted by Gasteiger charge is 1.90. The van der Waals surface area contributed by atoms with E-state index in [9.17, 15) is 0 Å². The van der Waals surface area contributed by atoms with Crippen LogP contribution < -0.4 is 4.74 Å². The summed E-state index contributed by atoms with van der Waals surface area (Å²) in [5.74, 6) is 0.152. The van der Waals surface area contributed by atoms with E-state index in [4.69, 9.17) is 14.6 Å². The Bertz CT molecular complexity index is 279. The van der Waals surface area contributed by atoms with E-state index in [2.05, 4.69) is 6.92 Å². The average Bonchev–Trinajstić information content (AvgIpc) is 2.29. The van der Waals surface area contributed by atoms with Gasteiger partial charge in [-0.1, -0.05) is 44.4 Å². The average molecular weight is 238 g/mol. The molecule has 3 nitrogen and oxygen atoms in total. The van der Waals surface area contributed by atoms with E-state index in [1.807, 2.05) is 30.3 Å². The number of benzene rings is 1. The van der Waals surface area contributed by atoms with Crippen LogP contribution in [0.4, 0.5) is 0 Å². The number of carboxylic acid groups (broad SMARTS) is 1. The van der Waals surface area contributed by atoms with Crippen LogP contribution in [-0.4, -0.2) is 17.7 Å². The van der Waals surface area contributed by atoms with E-state index in [1.165, 1.54) is 25.7 Å². The molecule has 1 N–H and O–H groups in total. The molecule has 0 aliphatic heterocycles. The number of carbonyl (C=O) groups is 1. The fourth-order valence-corrected chi connectivity index (χ4v) is 1.24. The van der Waals surface area contributed by atoms with Crippen molar-refractivity contribution in [3.05, 3.63) is 30.3 Å². The fraction of sp³-hybridized carbons (Fsp3) is 0.500. The first-order valence-electron chi connectivity index (χ1n) is 6.04. The summed E-state index contributed by atoms with van der Waals surface area (Å²) in [7, 11) is 0. The first-order chi connectivity index (χ1) is 8.16. The van der Waals surface area contributed by atoms with E-state index in [0.717, 1.165) is 19.3 Å². The van der Waals surface area contributed by atoms with Gasteiger partial charge >= 0.3 is 0 Å². The number of unbranched alkanes of at least 4 members (excludes halogenated alkanes) is 3. The van der Waals surface area contributed by atoms with E-state index >= 15 is 0 Å². The third kappa shape index (κ3) is 12.4. The molecule has 3 heteroatoms. The minimum absolute atomic E-state index is 0.833. The van der Waals surface area contributed by atoms with Gasteiger partial charge in [-0.3, -0.25) is 4.79 Å². The molecule has 1 rings (SSSR count). The Morgan fingerprint density at radius 3 is 2.29 bits per heavy atom. The number of rotatable bonds is 6. The summed E-state index contributed by atoms with van der Waals surface area (Å²) < 4.78 is 5.55. The number of carboxylic acids is 1. The second kappa shape index (κ2) is 11.0. The molecule has 0 atom stereocenters. The zero-order valence-electron chi connectivity index (χ0n) is 10.7. The van der Waals surface area contributed by atoms with Crippen LogP contribution in [0.15, 0.2) is 30.3 Å². The van der Waals surface area contributed by atoms with Crippen molar-refractivity contribution in [1.29, 1.82) is 0 Å². The molecule has 0 radical (unpaired) electrons. The van der Waals surface area contributed by atoms with Crippen LogP contribution >= 0.6 is 0 Å². The number of aliphatic carboxylic acids is 1. The Morgan fingerprint density at radius 1 is 1.18 bits per heavy atom. The smallest absolute Gasteiger partial charge is 0.300 e. The van der Waals surface area contributed by atoms with Gasteiger partial charge in [0.1, 0.15) is 5.75 Å². The van der Waals surface area contributed by atoms with Gasteiger partial charge in [0, 0.05) is 6.92 Å². The Labute approximate surface area is 103 Å². The predicted octanol–water partition coefficient (Wildman–Crippen LogP) is 3.74. The highest BCUT2D eigenvalue weighted by atomic mass is 16.5. The maximum absolute atomic E-state index is 9.00. The minimum atomic E-state index is -0.833. The summed E-state index contributed by atoms with van der Waals surface area (Å²) in [5, 5.41) is 7.42. The van der Waals surface area contributed by atoms with Crippen molar-refractivity contribution in [3.8, 4) is 5.75 Å². The summed E-state index contributed by atoms with van der Waals surface area (Å²) >= 11 is 0.